The number of aromatic nitrogens is 1. The third-order valence-electron chi connectivity index (χ3n) is 4.05. The average molecular weight is 297 g/mol. The minimum absolute atomic E-state index is 0.0507. The lowest BCUT2D eigenvalue weighted by molar-refractivity contribution is -0.684. The van der Waals surface area contributed by atoms with E-state index >= 15 is 0 Å². The molecule has 0 spiro atoms. The van der Waals surface area contributed by atoms with Crippen molar-refractivity contribution in [1.82, 2.24) is 0 Å². The van der Waals surface area contributed by atoms with Gasteiger partial charge in [-0.1, -0.05) is 12.1 Å². The van der Waals surface area contributed by atoms with Crippen molar-refractivity contribution in [2.45, 2.75) is 32.2 Å². The summed E-state index contributed by atoms with van der Waals surface area (Å²) in [6.07, 6.45) is 8.88. The number of anilines is 1. The van der Waals surface area contributed by atoms with Crippen LogP contribution in [0.3, 0.4) is 0 Å². The molecule has 1 aromatic heterocycles. The SMILES string of the molecule is COc1ccccc1NC(=O)C[n+]1ccc2c(c1)CCCC2. The predicted molar refractivity (Wildman–Crippen MR) is 84.9 cm³/mol. The fourth-order valence-electron chi connectivity index (χ4n) is 2.92. The molecule has 3 rings (SSSR count). The lowest BCUT2D eigenvalue weighted by Crippen LogP contribution is -2.40. The first-order valence-electron chi connectivity index (χ1n) is 7.70. The van der Waals surface area contributed by atoms with Gasteiger partial charge >= 0.3 is 0 Å². The van der Waals surface area contributed by atoms with E-state index < -0.39 is 0 Å². The van der Waals surface area contributed by atoms with Gasteiger partial charge in [0.1, 0.15) is 5.75 Å². The van der Waals surface area contributed by atoms with E-state index in [1.54, 1.807) is 7.11 Å². The monoisotopic (exact) mass is 297 g/mol. The molecule has 114 valence electrons. The Balaban J connectivity index is 1.69. The van der Waals surface area contributed by atoms with E-state index in [0.29, 0.717) is 18.0 Å². The van der Waals surface area contributed by atoms with E-state index in [0.717, 1.165) is 12.8 Å². The molecule has 1 amide bonds. The molecule has 1 N–H and O–H groups in total. The number of pyridine rings is 1. The number of carbonyl (C=O) groups excluding carboxylic acids is 1. The second kappa shape index (κ2) is 6.60. The molecule has 0 aliphatic heterocycles. The van der Waals surface area contributed by atoms with Crippen molar-refractivity contribution in [3.63, 3.8) is 0 Å². The van der Waals surface area contributed by atoms with Crippen molar-refractivity contribution in [1.29, 1.82) is 0 Å². The second-order valence-corrected chi connectivity index (χ2v) is 5.62. The molecule has 0 atom stereocenters. The van der Waals surface area contributed by atoms with Crippen LogP contribution >= 0.6 is 0 Å². The van der Waals surface area contributed by atoms with E-state index in [-0.39, 0.29) is 5.91 Å². The van der Waals surface area contributed by atoms with Crippen molar-refractivity contribution < 1.29 is 14.1 Å². The first-order valence-corrected chi connectivity index (χ1v) is 7.70. The van der Waals surface area contributed by atoms with E-state index in [1.165, 1.54) is 24.0 Å². The summed E-state index contributed by atoms with van der Waals surface area (Å²) in [4.78, 5) is 12.2. The molecule has 0 bridgehead atoms. The van der Waals surface area contributed by atoms with Gasteiger partial charge < -0.3 is 10.1 Å². The Morgan fingerprint density at radius 3 is 2.77 bits per heavy atom. The molecule has 1 aromatic carbocycles. The van der Waals surface area contributed by atoms with Gasteiger partial charge in [0.2, 0.25) is 6.54 Å². The summed E-state index contributed by atoms with van der Waals surface area (Å²) in [5, 5.41) is 2.91. The van der Waals surface area contributed by atoms with Crippen LogP contribution in [0.25, 0.3) is 0 Å². The Kier molecular flexibility index (Phi) is 4.37. The lowest BCUT2D eigenvalue weighted by atomic mass is 9.93. The van der Waals surface area contributed by atoms with Gasteiger partial charge in [-0.3, -0.25) is 4.79 Å². The molecular formula is C18H21N2O2+. The number of fused-ring (bicyclic) bond motifs is 1. The number of hydrogen-bond acceptors (Lipinski definition) is 2. The number of nitrogens with one attached hydrogen (secondary N) is 1. The van der Waals surface area contributed by atoms with E-state index in [4.69, 9.17) is 4.74 Å². The number of methoxy groups -OCH3 is 1. The fraction of sp³-hybridized carbons (Fsp3) is 0.333. The van der Waals surface area contributed by atoms with Gasteiger partial charge in [0.05, 0.1) is 12.8 Å². The van der Waals surface area contributed by atoms with Crippen LogP contribution in [-0.4, -0.2) is 13.0 Å². The molecule has 1 heterocycles. The molecule has 0 radical (unpaired) electrons. The van der Waals surface area contributed by atoms with Gasteiger partial charge in [-0.2, -0.15) is 4.57 Å². The van der Waals surface area contributed by atoms with E-state index in [9.17, 15) is 4.79 Å². The maximum absolute atomic E-state index is 12.2. The molecular weight excluding hydrogens is 276 g/mol. The van der Waals surface area contributed by atoms with Gasteiger partial charge in [0.25, 0.3) is 5.91 Å². The van der Waals surface area contributed by atoms with Crippen molar-refractivity contribution in [2.24, 2.45) is 0 Å². The van der Waals surface area contributed by atoms with Crippen LogP contribution in [-0.2, 0) is 24.2 Å². The standard InChI is InChI=1S/C18H20N2O2/c1-22-17-9-5-4-8-16(17)19-18(21)13-20-11-10-14-6-2-3-7-15(14)12-20/h4-5,8-12H,2-3,6-7,13H2,1H3/p+1. The normalized spacial score (nSPS) is 13.3. The molecule has 4 heteroatoms. The number of ether oxygens (including phenoxy) is 1. The zero-order valence-corrected chi connectivity index (χ0v) is 12.8. The quantitative estimate of drug-likeness (QED) is 0.881. The van der Waals surface area contributed by atoms with Crippen LogP contribution in [0.5, 0.6) is 5.75 Å². The van der Waals surface area contributed by atoms with E-state index in [1.807, 2.05) is 35.0 Å². The molecule has 4 nitrogen and oxygen atoms in total. The minimum atomic E-state index is -0.0507. The summed E-state index contributed by atoms with van der Waals surface area (Å²) < 4.78 is 7.20. The van der Waals surface area contributed by atoms with Crippen LogP contribution < -0.4 is 14.6 Å². The van der Waals surface area contributed by atoms with Gasteiger partial charge in [0.15, 0.2) is 12.4 Å². The Morgan fingerprint density at radius 2 is 1.95 bits per heavy atom. The lowest BCUT2D eigenvalue weighted by Gasteiger charge is -2.13. The first-order chi connectivity index (χ1) is 10.8. The van der Waals surface area contributed by atoms with Crippen molar-refractivity contribution in [2.75, 3.05) is 12.4 Å². The van der Waals surface area contributed by atoms with Gasteiger partial charge in [-0.05, 0) is 43.4 Å². The van der Waals surface area contributed by atoms with Crippen molar-refractivity contribution in [3.05, 3.63) is 53.9 Å². The number of amides is 1. The summed E-state index contributed by atoms with van der Waals surface area (Å²) in [5.74, 6) is 0.622. The topological polar surface area (TPSA) is 42.2 Å². The number of nitrogens with zero attached hydrogens (tertiary/aromatic N) is 1. The highest BCUT2D eigenvalue weighted by molar-refractivity contribution is 5.91. The number of carbonyl (C=O) groups is 1. The molecule has 0 saturated carbocycles. The van der Waals surface area contributed by atoms with Crippen molar-refractivity contribution >= 4 is 11.6 Å². The van der Waals surface area contributed by atoms with E-state index in [2.05, 4.69) is 17.6 Å². The molecule has 0 saturated heterocycles. The summed E-state index contributed by atoms with van der Waals surface area (Å²) in [6, 6.07) is 9.58. The van der Waals surface area contributed by atoms with Crippen LogP contribution in [0.15, 0.2) is 42.7 Å². The zero-order chi connectivity index (χ0) is 15.4. The average Bonchev–Trinajstić information content (AvgIpc) is 2.55. The van der Waals surface area contributed by atoms with Crippen LogP contribution in [0.2, 0.25) is 0 Å². The fourth-order valence-corrected chi connectivity index (χ4v) is 2.92. The molecule has 22 heavy (non-hydrogen) atoms. The van der Waals surface area contributed by atoms with Crippen molar-refractivity contribution in [3.8, 4) is 5.75 Å². The number of para-hydroxylation sites is 2. The maximum Gasteiger partial charge on any atom is 0.290 e. The third-order valence-corrected chi connectivity index (χ3v) is 4.05. The highest BCUT2D eigenvalue weighted by Gasteiger charge is 2.16. The maximum atomic E-state index is 12.2. The van der Waals surface area contributed by atoms with Gasteiger partial charge in [-0.25, -0.2) is 0 Å². The highest BCUT2D eigenvalue weighted by atomic mass is 16.5. The number of hydrogen-bond donors (Lipinski definition) is 1. The van der Waals surface area contributed by atoms with Crippen LogP contribution in [0.4, 0.5) is 5.69 Å². The molecule has 1 aliphatic rings. The third kappa shape index (κ3) is 3.27. The summed E-state index contributed by atoms with van der Waals surface area (Å²) >= 11 is 0. The number of aryl methyl sites for hydroxylation is 2. The smallest absolute Gasteiger partial charge is 0.290 e. The summed E-state index contributed by atoms with van der Waals surface area (Å²) in [6.45, 7) is 0.311. The molecule has 0 unspecified atom stereocenters. The zero-order valence-electron chi connectivity index (χ0n) is 12.8. The summed E-state index contributed by atoms with van der Waals surface area (Å²) in [5.41, 5.74) is 3.50. The molecule has 2 aromatic rings. The second-order valence-electron chi connectivity index (χ2n) is 5.62. The van der Waals surface area contributed by atoms with Crippen LogP contribution in [0.1, 0.15) is 24.0 Å². The van der Waals surface area contributed by atoms with Gasteiger partial charge in [0, 0.05) is 11.6 Å². The minimum Gasteiger partial charge on any atom is -0.495 e. The first kappa shape index (κ1) is 14.6. The highest BCUT2D eigenvalue weighted by Crippen LogP contribution is 2.23. The van der Waals surface area contributed by atoms with Gasteiger partial charge in [-0.15, -0.1) is 0 Å². The Labute approximate surface area is 130 Å². The largest absolute Gasteiger partial charge is 0.495 e. The van der Waals surface area contributed by atoms with Crippen LogP contribution in [0, 0.1) is 0 Å². The molecule has 0 fully saturated rings. The molecule has 1 aliphatic carbocycles. The number of rotatable bonds is 4. The Bertz CT molecular complexity index is 683. The predicted octanol–water partition coefficient (Wildman–Crippen LogP) is 2.50. The summed E-state index contributed by atoms with van der Waals surface area (Å²) in [7, 11) is 1.60. The number of benzene rings is 1. The Hall–Kier alpha value is -2.36. The Morgan fingerprint density at radius 1 is 1.18 bits per heavy atom.